The van der Waals surface area contributed by atoms with Gasteiger partial charge in [0.1, 0.15) is 0 Å². The third-order valence-electron chi connectivity index (χ3n) is 3.65. The summed E-state index contributed by atoms with van der Waals surface area (Å²) < 4.78 is 11.7. The molecule has 4 nitrogen and oxygen atoms in total. The number of nitriles is 1. The quantitative estimate of drug-likeness (QED) is 0.729. The average molecular weight is 224 g/mol. The molecule has 0 amide bonds. The molecule has 2 aliphatic rings. The summed E-state index contributed by atoms with van der Waals surface area (Å²) >= 11 is 0. The summed E-state index contributed by atoms with van der Waals surface area (Å²) in [5.74, 6) is -0.506. The van der Waals surface area contributed by atoms with Gasteiger partial charge in [-0.15, -0.1) is 0 Å². The van der Waals surface area contributed by atoms with Crippen LogP contribution in [-0.2, 0) is 9.47 Å². The predicted octanol–water partition coefficient (Wildman–Crippen LogP) is 1.52. The van der Waals surface area contributed by atoms with Crippen molar-refractivity contribution in [3.63, 3.8) is 0 Å². The first-order valence-corrected chi connectivity index (χ1v) is 6.12. The molecule has 0 saturated carbocycles. The Bertz CT molecular complexity index is 289. The molecule has 0 spiro atoms. The van der Waals surface area contributed by atoms with Gasteiger partial charge in [0.05, 0.1) is 31.2 Å². The van der Waals surface area contributed by atoms with Crippen LogP contribution in [0.1, 0.15) is 33.1 Å². The molecular weight excluding hydrogens is 204 g/mol. The van der Waals surface area contributed by atoms with Crippen LogP contribution in [0.15, 0.2) is 0 Å². The summed E-state index contributed by atoms with van der Waals surface area (Å²) in [5, 5.41) is 8.66. The molecule has 2 aliphatic heterocycles. The minimum Gasteiger partial charge on any atom is -0.346 e. The van der Waals surface area contributed by atoms with Crippen molar-refractivity contribution in [3.8, 4) is 6.07 Å². The largest absolute Gasteiger partial charge is 0.346 e. The monoisotopic (exact) mass is 224 g/mol. The predicted molar refractivity (Wildman–Crippen MR) is 59.7 cm³/mol. The van der Waals surface area contributed by atoms with Crippen LogP contribution in [0.5, 0.6) is 0 Å². The number of likely N-dealkylation sites (tertiary alicyclic amines) is 1. The molecule has 3 unspecified atom stereocenters. The van der Waals surface area contributed by atoms with Crippen molar-refractivity contribution in [2.45, 2.75) is 51.0 Å². The second-order valence-electron chi connectivity index (χ2n) is 4.72. The molecule has 3 atom stereocenters. The molecular formula is C12H20N2O2. The topological polar surface area (TPSA) is 45.5 Å². The Kier molecular flexibility index (Phi) is 3.48. The Morgan fingerprint density at radius 2 is 2.38 bits per heavy atom. The lowest BCUT2D eigenvalue weighted by atomic mass is 10.1. The van der Waals surface area contributed by atoms with E-state index in [1.165, 1.54) is 6.42 Å². The van der Waals surface area contributed by atoms with E-state index >= 15 is 0 Å². The van der Waals surface area contributed by atoms with E-state index < -0.39 is 5.79 Å². The molecule has 0 aromatic carbocycles. The van der Waals surface area contributed by atoms with Gasteiger partial charge in [0.25, 0.3) is 0 Å². The summed E-state index contributed by atoms with van der Waals surface area (Å²) in [6.45, 7) is 6.91. The van der Waals surface area contributed by atoms with E-state index in [-0.39, 0.29) is 6.10 Å². The molecule has 4 heteroatoms. The van der Waals surface area contributed by atoms with Gasteiger partial charge in [-0.25, -0.2) is 0 Å². The number of rotatable bonds is 3. The van der Waals surface area contributed by atoms with Crippen molar-refractivity contribution in [1.29, 1.82) is 5.26 Å². The molecule has 0 bridgehead atoms. The third-order valence-corrected chi connectivity index (χ3v) is 3.65. The van der Waals surface area contributed by atoms with Crippen molar-refractivity contribution in [1.82, 2.24) is 4.90 Å². The number of hydrogen-bond donors (Lipinski definition) is 0. The fraction of sp³-hybridized carbons (Fsp3) is 0.917. The number of nitrogens with zero attached hydrogens (tertiary/aromatic N) is 2. The Morgan fingerprint density at radius 3 is 3.06 bits per heavy atom. The van der Waals surface area contributed by atoms with Crippen LogP contribution in [0, 0.1) is 11.3 Å². The second kappa shape index (κ2) is 4.70. The third kappa shape index (κ3) is 2.08. The van der Waals surface area contributed by atoms with Crippen molar-refractivity contribution < 1.29 is 9.47 Å². The smallest absolute Gasteiger partial charge is 0.181 e. The zero-order valence-electron chi connectivity index (χ0n) is 10.1. The first-order valence-electron chi connectivity index (χ1n) is 6.12. The highest BCUT2D eigenvalue weighted by Crippen LogP contribution is 2.35. The van der Waals surface area contributed by atoms with E-state index in [9.17, 15) is 0 Å². The van der Waals surface area contributed by atoms with E-state index in [0.29, 0.717) is 19.1 Å². The van der Waals surface area contributed by atoms with E-state index in [1.54, 1.807) is 0 Å². The Labute approximate surface area is 97.1 Å². The van der Waals surface area contributed by atoms with E-state index in [2.05, 4.69) is 17.9 Å². The highest BCUT2D eigenvalue weighted by atomic mass is 16.7. The molecule has 0 aliphatic carbocycles. The first-order chi connectivity index (χ1) is 7.69. The molecule has 0 N–H and O–H groups in total. The standard InChI is InChI=1S/C12H20N2O2/c1-3-14-8-4-5-11(14)12(2)15-9-10(16-12)6-7-13/h10-11H,3-6,8-9H2,1-2H3. The van der Waals surface area contributed by atoms with Gasteiger partial charge in [0.15, 0.2) is 5.79 Å². The van der Waals surface area contributed by atoms with Gasteiger partial charge < -0.3 is 9.47 Å². The van der Waals surface area contributed by atoms with Crippen LogP contribution in [0.4, 0.5) is 0 Å². The molecule has 2 fully saturated rings. The van der Waals surface area contributed by atoms with Gasteiger partial charge >= 0.3 is 0 Å². The normalized spacial score (nSPS) is 40.1. The van der Waals surface area contributed by atoms with Crippen molar-refractivity contribution in [2.75, 3.05) is 19.7 Å². The van der Waals surface area contributed by atoms with Crippen LogP contribution in [0.25, 0.3) is 0 Å². The number of likely N-dealkylation sites (N-methyl/N-ethyl adjacent to an activating group) is 1. The number of ether oxygens (including phenoxy) is 2. The van der Waals surface area contributed by atoms with Gasteiger partial charge in [-0.3, -0.25) is 4.90 Å². The molecule has 2 rings (SSSR count). The fourth-order valence-electron chi connectivity index (χ4n) is 2.83. The Morgan fingerprint density at radius 1 is 1.56 bits per heavy atom. The van der Waals surface area contributed by atoms with Crippen molar-refractivity contribution in [3.05, 3.63) is 0 Å². The van der Waals surface area contributed by atoms with Crippen LogP contribution in [-0.4, -0.2) is 42.5 Å². The van der Waals surface area contributed by atoms with E-state index in [1.807, 2.05) is 6.92 Å². The Balaban J connectivity index is 2.01. The maximum absolute atomic E-state index is 8.66. The zero-order valence-corrected chi connectivity index (χ0v) is 10.1. The fourth-order valence-corrected chi connectivity index (χ4v) is 2.83. The Hall–Kier alpha value is -0.630. The van der Waals surface area contributed by atoms with E-state index in [0.717, 1.165) is 19.5 Å². The summed E-state index contributed by atoms with van der Waals surface area (Å²) in [6.07, 6.45) is 2.72. The molecule has 16 heavy (non-hydrogen) atoms. The lowest BCUT2D eigenvalue weighted by Gasteiger charge is -2.35. The molecule has 2 saturated heterocycles. The van der Waals surface area contributed by atoms with Gasteiger partial charge in [0, 0.05) is 0 Å². The highest BCUT2D eigenvalue weighted by molar-refractivity contribution is 4.93. The number of hydrogen-bond acceptors (Lipinski definition) is 4. The second-order valence-corrected chi connectivity index (χ2v) is 4.72. The summed E-state index contributed by atoms with van der Waals surface area (Å²) in [5.41, 5.74) is 0. The zero-order chi connectivity index (χ0) is 11.6. The van der Waals surface area contributed by atoms with E-state index in [4.69, 9.17) is 14.7 Å². The minimum atomic E-state index is -0.506. The van der Waals surface area contributed by atoms with Gasteiger partial charge in [0.2, 0.25) is 0 Å². The lowest BCUT2D eigenvalue weighted by Crippen LogP contribution is -2.48. The highest BCUT2D eigenvalue weighted by Gasteiger charge is 2.47. The van der Waals surface area contributed by atoms with Crippen LogP contribution >= 0.6 is 0 Å². The summed E-state index contributed by atoms with van der Waals surface area (Å²) in [4.78, 5) is 2.41. The van der Waals surface area contributed by atoms with Crippen molar-refractivity contribution in [2.24, 2.45) is 0 Å². The minimum absolute atomic E-state index is 0.0469. The van der Waals surface area contributed by atoms with Crippen LogP contribution in [0.2, 0.25) is 0 Å². The molecule has 0 radical (unpaired) electrons. The van der Waals surface area contributed by atoms with Crippen molar-refractivity contribution >= 4 is 0 Å². The lowest BCUT2D eigenvalue weighted by molar-refractivity contribution is -0.191. The van der Waals surface area contributed by atoms with Gasteiger partial charge in [-0.2, -0.15) is 5.26 Å². The van der Waals surface area contributed by atoms with Gasteiger partial charge in [-0.1, -0.05) is 6.92 Å². The SMILES string of the molecule is CCN1CCCC1C1(C)OCC(CC#N)O1. The molecule has 0 aromatic heterocycles. The maximum atomic E-state index is 8.66. The van der Waals surface area contributed by atoms with Crippen LogP contribution in [0.3, 0.4) is 0 Å². The average Bonchev–Trinajstić information content (AvgIpc) is 2.86. The van der Waals surface area contributed by atoms with Gasteiger partial charge in [-0.05, 0) is 32.9 Å². The molecule has 90 valence electrons. The van der Waals surface area contributed by atoms with Crippen LogP contribution < -0.4 is 0 Å². The summed E-state index contributed by atoms with van der Waals surface area (Å²) in [6, 6.07) is 2.49. The maximum Gasteiger partial charge on any atom is 0.181 e. The summed E-state index contributed by atoms with van der Waals surface area (Å²) in [7, 11) is 0. The molecule has 2 heterocycles. The molecule has 0 aromatic rings. The first kappa shape index (κ1) is 11.8.